The Hall–Kier alpha value is -2.19. The van der Waals surface area contributed by atoms with Crippen LogP contribution in [0.15, 0.2) is 29.6 Å². The average molecular weight is 231 g/mol. The molecule has 1 aromatic heterocycles. The van der Waals surface area contributed by atoms with Gasteiger partial charge in [0.05, 0.1) is 6.21 Å². The van der Waals surface area contributed by atoms with Crippen molar-refractivity contribution < 1.29 is 9.90 Å². The highest BCUT2D eigenvalue weighted by Crippen LogP contribution is 1.96. The van der Waals surface area contributed by atoms with Crippen molar-refractivity contribution in [3.05, 3.63) is 30.1 Å². The zero-order valence-electron chi connectivity index (χ0n) is 9.64. The highest BCUT2D eigenvalue weighted by atomic mass is 16.3. The van der Waals surface area contributed by atoms with E-state index < -0.39 is 5.60 Å². The number of rotatable bonds is 2. The van der Waals surface area contributed by atoms with Crippen LogP contribution < -0.4 is 5.43 Å². The lowest BCUT2D eigenvalue weighted by Gasteiger charge is -2.04. The molecule has 0 aromatic carbocycles. The van der Waals surface area contributed by atoms with Crippen LogP contribution in [-0.4, -0.2) is 27.8 Å². The number of aromatic nitrogens is 1. The van der Waals surface area contributed by atoms with Crippen LogP contribution in [0.1, 0.15) is 24.2 Å². The van der Waals surface area contributed by atoms with Gasteiger partial charge in [0.1, 0.15) is 5.60 Å². The molecule has 0 unspecified atom stereocenters. The summed E-state index contributed by atoms with van der Waals surface area (Å²) in [6, 6.07) is 3.15. The SMILES string of the molecule is CC(C)(O)C#C/C=N\NC(=O)c1ccncc1. The predicted octanol–water partition coefficient (Wildman–Crippen LogP) is 0.572. The van der Waals surface area contributed by atoms with Gasteiger partial charge in [0, 0.05) is 18.0 Å². The van der Waals surface area contributed by atoms with Crippen molar-refractivity contribution in [2.45, 2.75) is 19.4 Å². The van der Waals surface area contributed by atoms with Crippen molar-refractivity contribution in [2.24, 2.45) is 5.10 Å². The first-order valence-electron chi connectivity index (χ1n) is 4.96. The Balaban J connectivity index is 2.49. The summed E-state index contributed by atoms with van der Waals surface area (Å²) in [4.78, 5) is 15.3. The number of hydrogen-bond donors (Lipinski definition) is 2. The third kappa shape index (κ3) is 5.44. The molecule has 5 heteroatoms. The average Bonchev–Trinajstić information content (AvgIpc) is 2.28. The summed E-state index contributed by atoms with van der Waals surface area (Å²) in [6.45, 7) is 3.12. The van der Waals surface area contributed by atoms with Crippen LogP contribution in [0.3, 0.4) is 0 Å². The smallest absolute Gasteiger partial charge is 0.271 e. The largest absolute Gasteiger partial charge is 0.378 e. The first kappa shape index (κ1) is 12.9. The highest BCUT2D eigenvalue weighted by molar-refractivity contribution is 5.94. The van der Waals surface area contributed by atoms with Gasteiger partial charge in [-0.1, -0.05) is 5.92 Å². The Kier molecular flexibility index (Phi) is 4.37. The third-order valence-electron chi connectivity index (χ3n) is 1.62. The minimum absolute atomic E-state index is 0.339. The fourth-order valence-electron chi connectivity index (χ4n) is 0.900. The molecule has 0 bridgehead atoms. The molecule has 0 aliphatic carbocycles. The monoisotopic (exact) mass is 231 g/mol. The minimum atomic E-state index is -1.07. The van der Waals surface area contributed by atoms with E-state index in [2.05, 4.69) is 27.4 Å². The number of aliphatic hydroxyl groups is 1. The molecule has 5 nitrogen and oxygen atoms in total. The predicted molar refractivity (Wildman–Crippen MR) is 64.3 cm³/mol. The van der Waals surface area contributed by atoms with Crippen molar-refractivity contribution in [2.75, 3.05) is 0 Å². The zero-order valence-corrected chi connectivity index (χ0v) is 9.64. The van der Waals surface area contributed by atoms with Crippen LogP contribution in [-0.2, 0) is 0 Å². The molecule has 0 atom stereocenters. The molecule has 0 saturated heterocycles. The van der Waals surface area contributed by atoms with Crippen LogP contribution in [0.25, 0.3) is 0 Å². The topological polar surface area (TPSA) is 74.6 Å². The van der Waals surface area contributed by atoms with Crippen molar-refractivity contribution in [3.8, 4) is 11.8 Å². The van der Waals surface area contributed by atoms with Gasteiger partial charge in [-0.25, -0.2) is 5.43 Å². The van der Waals surface area contributed by atoms with Gasteiger partial charge in [-0.15, -0.1) is 0 Å². The van der Waals surface area contributed by atoms with Crippen molar-refractivity contribution >= 4 is 12.1 Å². The number of nitrogens with one attached hydrogen (secondary N) is 1. The van der Waals surface area contributed by atoms with Crippen molar-refractivity contribution in [1.82, 2.24) is 10.4 Å². The first-order valence-corrected chi connectivity index (χ1v) is 4.96. The van der Waals surface area contributed by atoms with Crippen LogP contribution >= 0.6 is 0 Å². The highest BCUT2D eigenvalue weighted by Gasteiger charge is 2.05. The molecular formula is C12H13N3O2. The van der Waals surface area contributed by atoms with E-state index in [1.165, 1.54) is 18.6 Å². The van der Waals surface area contributed by atoms with E-state index in [9.17, 15) is 9.90 Å². The Morgan fingerprint density at radius 3 is 2.76 bits per heavy atom. The van der Waals surface area contributed by atoms with Crippen LogP contribution in [0.5, 0.6) is 0 Å². The fourth-order valence-corrected chi connectivity index (χ4v) is 0.900. The Morgan fingerprint density at radius 2 is 2.18 bits per heavy atom. The Bertz CT molecular complexity index is 464. The summed E-state index contributed by atoms with van der Waals surface area (Å²) in [5.41, 5.74) is 1.70. The summed E-state index contributed by atoms with van der Waals surface area (Å²) in [6.07, 6.45) is 4.26. The molecule has 17 heavy (non-hydrogen) atoms. The summed E-state index contributed by atoms with van der Waals surface area (Å²) < 4.78 is 0. The van der Waals surface area contributed by atoms with E-state index in [0.29, 0.717) is 5.56 Å². The van der Waals surface area contributed by atoms with Gasteiger partial charge in [0.2, 0.25) is 0 Å². The van der Waals surface area contributed by atoms with E-state index >= 15 is 0 Å². The van der Waals surface area contributed by atoms with Gasteiger partial charge in [0.15, 0.2) is 0 Å². The molecule has 1 rings (SSSR count). The zero-order chi connectivity index (χ0) is 12.7. The van der Waals surface area contributed by atoms with E-state index in [-0.39, 0.29) is 5.91 Å². The second-order valence-electron chi connectivity index (χ2n) is 3.76. The molecule has 88 valence electrons. The molecule has 0 saturated carbocycles. The fraction of sp³-hybridized carbons (Fsp3) is 0.250. The third-order valence-corrected chi connectivity index (χ3v) is 1.62. The molecule has 1 amide bonds. The van der Waals surface area contributed by atoms with Crippen molar-refractivity contribution in [1.29, 1.82) is 0 Å². The molecule has 2 N–H and O–H groups in total. The molecule has 0 fully saturated rings. The first-order chi connectivity index (χ1) is 7.99. The number of pyridine rings is 1. The summed E-state index contributed by atoms with van der Waals surface area (Å²) in [7, 11) is 0. The van der Waals surface area contributed by atoms with Gasteiger partial charge in [-0.05, 0) is 31.9 Å². The summed E-state index contributed by atoms with van der Waals surface area (Å²) in [5.74, 6) is 4.70. The van der Waals surface area contributed by atoms with Gasteiger partial charge >= 0.3 is 0 Å². The molecule has 1 aromatic rings. The molecule has 0 aliphatic heterocycles. The maximum absolute atomic E-state index is 11.5. The maximum atomic E-state index is 11.5. The maximum Gasteiger partial charge on any atom is 0.271 e. The second-order valence-corrected chi connectivity index (χ2v) is 3.76. The molecule has 0 aliphatic rings. The number of hydrazone groups is 1. The van der Waals surface area contributed by atoms with Gasteiger partial charge < -0.3 is 5.11 Å². The van der Waals surface area contributed by atoms with E-state index in [1.807, 2.05) is 0 Å². The lowest BCUT2D eigenvalue weighted by Crippen LogP contribution is -2.17. The van der Waals surface area contributed by atoms with Crippen LogP contribution in [0.4, 0.5) is 0 Å². The van der Waals surface area contributed by atoms with Crippen molar-refractivity contribution in [3.63, 3.8) is 0 Å². The Morgan fingerprint density at radius 1 is 1.53 bits per heavy atom. The second kappa shape index (κ2) is 5.77. The van der Waals surface area contributed by atoms with Gasteiger partial charge in [-0.2, -0.15) is 5.10 Å². The Labute approximate surface area is 99.6 Å². The molecule has 0 spiro atoms. The quantitative estimate of drug-likeness (QED) is 0.444. The summed E-state index contributed by atoms with van der Waals surface area (Å²) in [5, 5.41) is 12.9. The van der Waals surface area contributed by atoms with Crippen LogP contribution in [0, 0.1) is 11.8 Å². The van der Waals surface area contributed by atoms with E-state index in [1.54, 1.807) is 26.0 Å². The number of carbonyl (C=O) groups is 1. The normalized spacial score (nSPS) is 10.8. The lowest BCUT2D eigenvalue weighted by molar-refractivity contribution is 0.0955. The van der Waals surface area contributed by atoms with Gasteiger partial charge in [-0.3, -0.25) is 9.78 Å². The molecule has 1 heterocycles. The van der Waals surface area contributed by atoms with Gasteiger partial charge in [0.25, 0.3) is 5.91 Å². The number of nitrogens with zero attached hydrogens (tertiary/aromatic N) is 2. The van der Waals surface area contributed by atoms with Crippen LogP contribution in [0.2, 0.25) is 0 Å². The number of carbonyl (C=O) groups excluding carboxylic acids is 1. The van der Waals surface area contributed by atoms with E-state index in [4.69, 9.17) is 0 Å². The molecular weight excluding hydrogens is 218 g/mol. The molecule has 0 radical (unpaired) electrons. The lowest BCUT2D eigenvalue weighted by atomic mass is 10.1. The van der Waals surface area contributed by atoms with E-state index in [0.717, 1.165) is 0 Å². The number of amides is 1. The standard InChI is InChI=1S/C12H13N3O2/c1-12(2,17)6-3-7-14-15-11(16)10-4-8-13-9-5-10/h4-5,7-9,17H,1-2H3,(H,15,16)/b14-7-. The summed E-state index contributed by atoms with van der Waals surface area (Å²) >= 11 is 0. The minimum Gasteiger partial charge on any atom is -0.378 e. The number of hydrogen-bond acceptors (Lipinski definition) is 4.